The highest BCUT2D eigenvalue weighted by Gasteiger charge is 2.25. The molecule has 152 valence electrons. The van der Waals surface area contributed by atoms with Crippen LogP contribution in [0.4, 0.5) is 17.2 Å². The van der Waals surface area contributed by atoms with E-state index in [1.165, 1.54) is 12.0 Å². The van der Waals surface area contributed by atoms with Crippen LogP contribution >= 0.6 is 0 Å². The van der Waals surface area contributed by atoms with Crippen molar-refractivity contribution in [2.45, 2.75) is 19.3 Å². The molecule has 1 aliphatic carbocycles. The van der Waals surface area contributed by atoms with Crippen LogP contribution in [0.1, 0.15) is 28.0 Å². The van der Waals surface area contributed by atoms with Crippen molar-refractivity contribution in [3.8, 4) is 0 Å². The number of piperazine rings is 1. The van der Waals surface area contributed by atoms with E-state index < -0.39 is 0 Å². The van der Waals surface area contributed by atoms with Crippen LogP contribution in [0, 0.1) is 0 Å². The third-order valence-electron chi connectivity index (χ3n) is 5.91. The van der Waals surface area contributed by atoms with Crippen molar-refractivity contribution in [1.29, 1.82) is 0 Å². The molecule has 30 heavy (non-hydrogen) atoms. The number of rotatable bonds is 4. The van der Waals surface area contributed by atoms with Crippen molar-refractivity contribution in [1.82, 2.24) is 15.1 Å². The van der Waals surface area contributed by atoms with Crippen LogP contribution in [-0.4, -0.2) is 47.2 Å². The molecule has 0 atom stereocenters. The molecule has 0 unspecified atom stereocenters. The lowest BCUT2D eigenvalue weighted by atomic mass is 10.1. The summed E-state index contributed by atoms with van der Waals surface area (Å²) in [5.41, 5.74) is 4.99. The molecule has 1 fully saturated rings. The summed E-state index contributed by atoms with van der Waals surface area (Å²) in [6, 6.07) is 19.8. The second-order valence-corrected chi connectivity index (χ2v) is 7.84. The van der Waals surface area contributed by atoms with E-state index in [4.69, 9.17) is 0 Å². The second kappa shape index (κ2) is 8.14. The topological polar surface area (TPSA) is 61.4 Å². The predicted molar refractivity (Wildman–Crippen MR) is 118 cm³/mol. The summed E-state index contributed by atoms with van der Waals surface area (Å²) in [4.78, 5) is 17.4. The first-order chi connectivity index (χ1) is 14.8. The molecule has 1 saturated heterocycles. The smallest absolute Gasteiger partial charge is 0.256 e. The van der Waals surface area contributed by atoms with Gasteiger partial charge < -0.3 is 15.1 Å². The average molecular weight is 399 g/mol. The monoisotopic (exact) mass is 399 g/mol. The highest BCUT2D eigenvalue weighted by molar-refractivity contribution is 6.00. The Morgan fingerprint density at radius 2 is 1.63 bits per heavy atom. The Labute approximate surface area is 176 Å². The number of aromatic nitrogens is 2. The van der Waals surface area contributed by atoms with Crippen molar-refractivity contribution in [2.24, 2.45) is 0 Å². The molecule has 0 saturated carbocycles. The van der Waals surface area contributed by atoms with Crippen molar-refractivity contribution in [3.05, 3.63) is 77.5 Å². The molecular formula is C24H25N5O. The van der Waals surface area contributed by atoms with Gasteiger partial charge in [-0.2, -0.15) is 5.10 Å². The first kappa shape index (κ1) is 18.6. The van der Waals surface area contributed by atoms with Crippen LogP contribution < -0.4 is 10.2 Å². The first-order valence-corrected chi connectivity index (χ1v) is 10.6. The number of carbonyl (C=O) groups excluding carboxylic acids is 1. The van der Waals surface area contributed by atoms with Crippen molar-refractivity contribution < 1.29 is 4.79 Å². The minimum absolute atomic E-state index is 0.0636. The average Bonchev–Trinajstić information content (AvgIpc) is 3.28. The highest BCUT2D eigenvalue weighted by atomic mass is 16.2. The van der Waals surface area contributed by atoms with Crippen molar-refractivity contribution in [2.75, 3.05) is 36.4 Å². The van der Waals surface area contributed by atoms with Crippen LogP contribution in [0.15, 0.2) is 60.7 Å². The lowest BCUT2D eigenvalue weighted by Crippen LogP contribution is -2.49. The van der Waals surface area contributed by atoms with E-state index >= 15 is 0 Å². The molecule has 1 amide bonds. The van der Waals surface area contributed by atoms with Crippen LogP contribution in [0.2, 0.25) is 0 Å². The van der Waals surface area contributed by atoms with E-state index in [1.807, 2.05) is 59.5 Å². The molecule has 3 aromatic rings. The molecule has 5 rings (SSSR count). The highest BCUT2D eigenvalue weighted by Crippen LogP contribution is 2.25. The lowest BCUT2D eigenvalue weighted by Gasteiger charge is -2.35. The Morgan fingerprint density at radius 3 is 2.47 bits per heavy atom. The zero-order valence-electron chi connectivity index (χ0n) is 16.9. The lowest BCUT2D eigenvalue weighted by molar-refractivity contribution is 0.0747. The number of aryl methyl sites for hydroxylation is 2. The maximum atomic E-state index is 13.2. The minimum atomic E-state index is 0.0636. The summed E-state index contributed by atoms with van der Waals surface area (Å²) in [5.74, 6) is 1.00. The second-order valence-electron chi connectivity index (χ2n) is 7.84. The fourth-order valence-electron chi connectivity index (χ4n) is 4.24. The molecule has 1 aliphatic heterocycles. The number of hydrogen-bond donors (Lipinski definition) is 1. The molecule has 2 aliphatic rings. The number of para-hydroxylation sites is 2. The Balaban J connectivity index is 1.27. The third kappa shape index (κ3) is 3.73. The van der Waals surface area contributed by atoms with Gasteiger partial charge in [0.1, 0.15) is 0 Å². The van der Waals surface area contributed by atoms with Gasteiger partial charge in [0.15, 0.2) is 5.82 Å². The predicted octanol–water partition coefficient (Wildman–Crippen LogP) is 3.67. The summed E-state index contributed by atoms with van der Waals surface area (Å²) >= 11 is 0. The largest absolute Gasteiger partial charge is 0.355 e. The first-order valence-electron chi connectivity index (χ1n) is 10.6. The van der Waals surface area contributed by atoms with Gasteiger partial charge in [-0.15, -0.1) is 5.10 Å². The summed E-state index contributed by atoms with van der Waals surface area (Å²) in [6.45, 7) is 2.90. The van der Waals surface area contributed by atoms with Gasteiger partial charge in [0.25, 0.3) is 5.91 Å². The molecule has 0 spiro atoms. The Kier molecular flexibility index (Phi) is 5.05. The Hall–Kier alpha value is -3.41. The number of nitrogens with zero attached hydrogens (tertiary/aromatic N) is 4. The number of fused-ring (bicyclic) bond motifs is 1. The quantitative estimate of drug-likeness (QED) is 0.725. The fourth-order valence-corrected chi connectivity index (χ4v) is 4.24. The third-order valence-corrected chi connectivity index (χ3v) is 5.91. The molecule has 2 aromatic carbocycles. The normalized spacial score (nSPS) is 15.7. The molecule has 0 bridgehead atoms. The Bertz CT molecular complexity index is 1040. The molecular weight excluding hydrogens is 374 g/mol. The van der Waals surface area contributed by atoms with Gasteiger partial charge in [0.05, 0.1) is 16.9 Å². The fraction of sp³-hybridized carbons (Fsp3) is 0.292. The summed E-state index contributed by atoms with van der Waals surface area (Å²) in [6.07, 6.45) is 3.31. The molecule has 6 nitrogen and oxygen atoms in total. The van der Waals surface area contributed by atoms with E-state index in [0.717, 1.165) is 48.8 Å². The summed E-state index contributed by atoms with van der Waals surface area (Å²) < 4.78 is 0. The summed E-state index contributed by atoms with van der Waals surface area (Å²) in [5, 5.41) is 12.2. The van der Waals surface area contributed by atoms with Crippen molar-refractivity contribution >= 4 is 23.1 Å². The van der Waals surface area contributed by atoms with Gasteiger partial charge in [-0.3, -0.25) is 4.79 Å². The van der Waals surface area contributed by atoms with E-state index in [-0.39, 0.29) is 5.91 Å². The van der Waals surface area contributed by atoms with E-state index in [9.17, 15) is 4.79 Å². The van der Waals surface area contributed by atoms with Crippen LogP contribution in [0.3, 0.4) is 0 Å². The molecule has 1 aromatic heterocycles. The Morgan fingerprint density at radius 1 is 0.867 bits per heavy atom. The minimum Gasteiger partial charge on any atom is -0.355 e. The number of amides is 1. The molecule has 6 heteroatoms. The zero-order chi connectivity index (χ0) is 20.3. The summed E-state index contributed by atoms with van der Waals surface area (Å²) in [7, 11) is 0. The molecule has 0 radical (unpaired) electrons. The van der Waals surface area contributed by atoms with Gasteiger partial charge in [0.2, 0.25) is 0 Å². The van der Waals surface area contributed by atoms with Crippen LogP contribution in [0.25, 0.3) is 0 Å². The zero-order valence-corrected chi connectivity index (χ0v) is 16.9. The van der Waals surface area contributed by atoms with Gasteiger partial charge in [-0.05, 0) is 55.2 Å². The van der Waals surface area contributed by atoms with Gasteiger partial charge in [-0.1, -0.05) is 30.3 Å². The standard InChI is InChI=1S/C24H25N5O/c30-24(20-10-4-5-11-22(20)25-19-8-2-1-3-9-19)29-15-13-28(14-16-29)23-17-18-7-6-12-21(18)26-27-23/h1-5,8-11,17,25H,6-7,12-16H2. The van der Waals surface area contributed by atoms with Crippen molar-refractivity contribution in [3.63, 3.8) is 0 Å². The number of benzene rings is 2. The molecule has 2 heterocycles. The van der Waals surface area contributed by atoms with E-state index in [0.29, 0.717) is 18.7 Å². The number of nitrogens with one attached hydrogen (secondary N) is 1. The maximum absolute atomic E-state index is 13.2. The van der Waals surface area contributed by atoms with E-state index in [2.05, 4.69) is 26.5 Å². The van der Waals surface area contributed by atoms with E-state index in [1.54, 1.807) is 0 Å². The van der Waals surface area contributed by atoms with Gasteiger partial charge >= 0.3 is 0 Å². The maximum Gasteiger partial charge on any atom is 0.256 e. The molecule has 1 N–H and O–H groups in total. The van der Waals surface area contributed by atoms with Gasteiger partial charge in [-0.25, -0.2) is 0 Å². The number of hydrogen-bond acceptors (Lipinski definition) is 5. The van der Waals surface area contributed by atoms with Crippen LogP contribution in [0.5, 0.6) is 0 Å². The number of anilines is 3. The van der Waals surface area contributed by atoms with Gasteiger partial charge in [0, 0.05) is 31.9 Å². The van der Waals surface area contributed by atoms with Crippen LogP contribution in [-0.2, 0) is 12.8 Å². The number of carbonyl (C=O) groups is 1. The SMILES string of the molecule is O=C(c1ccccc1Nc1ccccc1)N1CCN(c2cc3c(nn2)CCC3)CC1.